The van der Waals surface area contributed by atoms with Crippen LogP contribution in [0.3, 0.4) is 0 Å². The molecule has 2 atom stereocenters. The molecule has 112 valence electrons. The van der Waals surface area contributed by atoms with Gasteiger partial charge in [0.25, 0.3) is 5.56 Å². The Morgan fingerprint density at radius 1 is 1.55 bits per heavy atom. The van der Waals surface area contributed by atoms with E-state index in [9.17, 15) is 4.79 Å². The Kier molecular flexibility index (Phi) is 5.27. The molecule has 2 unspecified atom stereocenters. The Balaban J connectivity index is 2.12. The summed E-state index contributed by atoms with van der Waals surface area (Å²) in [5.41, 5.74) is 0.218. The minimum absolute atomic E-state index is 0.0735. The summed E-state index contributed by atoms with van der Waals surface area (Å²) in [6, 6.07) is 1.92. The van der Waals surface area contributed by atoms with Gasteiger partial charge in [-0.1, -0.05) is 39.0 Å². The standard InChI is InChI=1S/C15H25N3OS/c1-4-9-16-13-11(6-5-8-15(13,2)3)20-14-17-10-7-12(19)18-14/h7,10-11,13,16H,4-6,8-9H2,1-3H3,(H,17,18,19). The predicted octanol–water partition coefficient (Wildman–Crippen LogP) is 2.81. The molecule has 0 radical (unpaired) electrons. The monoisotopic (exact) mass is 295 g/mol. The van der Waals surface area contributed by atoms with E-state index in [0.717, 1.165) is 18.1 Å². The molecule has 1 saturated carbocycles. The second kappa shape index (κ2) is 6.76. The van der Waals surface area contributed by atoms with Gasteiger partial charge in [0.2, 0.25) is 0 Å². The summed E-state index contributed by atoms with van der Waals surface area (Å²) < 4.78 is 0. The van der Waals surface area contributed by atoms with Crippen molar-refractivity contribution in [2.24, 2.45) is 5.41 Å². The van der Waals surface area contributed by atoms with Crippen LogP contribution in [0, 0.1) is 5.41 Å². The lowest BCUT2D eigenvalue weighted by atomic mass is 9.73. The van der Waals surface area contributed by atoms with Gasteiger partial charge in [-0.2, -0.15) is 0 Å². The third kappa shape index (κ3) is 3.85. The second-order valence-electron chi connectivity index (χ2n) is 6.21. The fraction of sp³-hybridized carbons (Fsp3) is 0.733. The van der Waals surface area contributed by atoms with Crippen molar-refractivity contribution >= 4 is 11.8 Å². The summed E-state index contributed by atoms with van der Waals surface area (Å²) in [5.74, 6) is 0. The number of hydrogen-bond donors (Lipinski definition) is 2. The molecule has 0 aromatic carbocycles. The molecule has 0 amide bonds. The Hall–Kier alpha value is -0.810. The van der Waals surface area contributed by atoms with Crippen LogP contribution in [-0.4, -0.2) is 27.8 Å². The second-order valence-corrected chi connectivity index (χ2v) is 7.44. The van der Waals surface area contributed by atoms with Crippen LogP contribution >= 0.6 is 11.8 Å². The van der Waals surface area contributed by atoms with Gasteiger partial charge < -0.3 is 10.3 Å². The van der Waals surface area contributed by atoms with E-state index in [-0.39, 0.29) is 5.56 Å². The predicted molar refractivity (Wildman–Crippen MR) is 84.2 cm³/mol. The lowest BCUT2D eigenvalue weighted by molar-refractivity contribution is 0.175. The first-order valence-corrected chi connectivity index (χ1v) is 8.36. The molecule has 2 N–H and O–H groups in total. The summed E-state index contributed by atoms with van der Waals surface area (Å²) in [5, 5.41) is 4.91. The van der Waals surface area contributed by atoms with Gasteiger partial charge in [-0.15, -0.1) is 0 Å². The van der Waals surface area contributed by atoms with Crippen molar-refractivity contribution in [3.63, 3.8) is 0 Å². The SMILES string of the molecule is CCCNC1C(Sc2nccc(=O)[nH]2)CCCC1(C)C. The minimum Gasteiger partial charge on any atom is -0.312 e. The molecule has 1 aromatic rings. The molecule has 5 heteroatoms. The van der Waals surface area contributed by atoms with Gasteiger partial charge >= 0.3 is 0 Å². The maximum absolute atomic E-state index is 11.4. The summed E-state index contributed by atoms with van der Waals surface area (Å²) in [4.78, 5) is 18.5. The number of nitrogens with zero attached hydrogens (tertiary/aromatic N) is 1. The molecular weight excluding hydrogens is 270 g/mol. The van der Waals surface area contributed by atoms with Gasteiger partial charge in [0.05, 0.1) is 0 Å². The first-order valence-electron chi connectivity index (χ1n) is 7.48. The first-order chi connectivity index (χ1) is 9.53. The number of aromatic amines is 1. The van der Waals surface area contributed by atoms with Crippen molar-refractivity contribution in [1.29, 1.82) is 0 Å². The fourth-order valence-corrected chi connectivity index (χ4v) is 4.43. The van der Waals surface area contributed by atoms with Crippen molar-refractivity contribution < 1.29 is 0 Å². The summed E-state index contributed by atoms with van der Waals surface area (Å²) in [6.45, 7) is 7.92. The molecule has 20 heavy (non-hydrogen) atoms. The number of hydrogen-bond acceptors (Lipinski definition) is 4. The van der Waals surface area contributed by atoms with E-state index in [2.05, 4.69) is 36.1 Å². The highest BCUT2D eigenvalue weighted by Gasteiger charge is 2.39. The molecule has 1 heterocycles. The number of rotatable bonds is 5. The maximum atomic E-state index is 11.4. The molecule has 0 aliphatic heterocycles. The molecule has 0 saturated heterocycles. The quantitative estimate of drug-likeness (QED) is 0.820. The normalized spacial score (nSPS) is 25.6. The minimum atomic E-state index is -0.0735. The van der Waals surface area contributed by atoms with Crippen molar-refractivity contribution in [3.8, 4) is 0 Å². The highest BCUT2D eigenvalue weighted by Crippen LogP contribution is 2.41. The zero-order chi connectivity index (χ0) is 14.6. The van der Waals surface area contributed by atoms with Crippen LogP contribution in [-0.2, 0) is 0 Å². The molecule has 0 spiro atoms. The van der Waals surface area contributed by atoms with Crippen LogP contribution in [0.2, 0.25) is 0 Å². The van der Waals surface area contributed by atoms with E-state index in [1.165, 1.54) is 25.3 Å². The molecule has 1 aliphatic rings. The third-order valence-corrected chi connectivity index (χ3v) is 5.29. The highest BCUT2D eigenvalue weighted by atomic mass is 32.2. The maximum Gasteiger partial charge on any atom is 0.251 e. The van der Waals surface area contributed by atoms with E-state index in [0.29, 0.717) is 16.7 Å². The van der Waals surface area contributed by atoms with E-state index >= 15 is 0 Å². The lowest BCUT2D eigenvalue weighted by Crippen LogP contribution is -2.51. The van der Waals surface area contributed by atoms with Gasteiger partial charge in [-0.3, -0.25) is 4.79 Å². The Bertz CT molecular complexity index is 486. The zero-order valence-corrected chi connectivity index (χ0v) is 13.4. The van der Waals surface area contributed by atoms with Crippen LogP contribution in [0.4, 0.5) is 0 Å². The molecule has 1 fully saturated rings. The summed E-state index contributed by atoms with van der Waals surface area (Å²) >= 11 is 1.71. The van der Waals surface area contributed by atoms with Crippen LogP contribution in [0.5, 0.6) is 0 Å². The van der Waals surface area contributed by atoms with Crippen molar-refractivity contribution in [2.75, 3.05) is 6.54 Å². The van der Waals surface area contributed by atoms with Gasteiger partial charge in [-0.05, 0) is 31.2 Å². The van der Waals surface area contributed by atoms with Crippen LogP contribution in [0.25, 0.3) is 0 Å². The molecule has 2 rings (SSSR count). The van der Waals surface area contributed by atoms with Crippen LogP contribution in [0.1, 0.15) is 46.5 Å². The summed E-state index contributed by atoms with van der Waals surface area (Å²) in [6.07, 6.45) is 6.40. The van der Waals surface area contributed by atoms with Crippen molar-refractivity contribution in [2.45, 2.75) is 62.9 Å². The van der Waals surface area contributed by atoms with Gasteiger partial charge in [0.15, 0.2) is 5.16 Å². The topological polar surface area (TPSA) is 57.8 Å². The lowest BCUT2D eigenvalue weighted by Gasteiger charge is -2.44. The third-order valence-electron chi connectivity index (χ3n) is 4.05. The smallest absolute Gasteiger partial charge is 0.251 e. The highest BCUT2D eigenvalue weighted by molar-refractivity contribution is 7.99. The first kappa shape index (κ1) is 15.6. The number of thioether (sulfide) groups is 1. The fourth-order valence-electron chi connectivity index (χ4n) is 2.97. The van der Waals surface area contributed by atoms with Crippen molar-refractivity contribution in [3.05, 3.63) is 22.6 Å². The molecule has 1 aromatic heterocycles. The number of nitrogens with one attached hydrogen (secondary N) is 2. The van der Waals surface area contributed by atoms with Gasteiger partial charge in [0, 0.05) is 23.6 Å². The van der Waals surface area contributed by atoms with Crippen molar-refractivity contribution in [1.82, 2.24) is 15.3 Å². The van der Waals surface area contributed by atoms with Gasteiger partial charge in [0.1, 0.15) is 0 Å². The number of aromatic nitrogens is 2. The molecule has 1 aliphatic carbocycles. The Morgan fingerprint density at radius 2 is 2.35 bits per heavy atom. The largest absolute Gasteiger partial charge is 0.312 e. The molecular formula is C15H25N3OS. The average Bonchev–Trinajstić information content (AvgIpc) is 2.37. The Labute approximate surface area is 125 Å². The van der Waals surface area contributed by atoms with E-state index in [1.807, 2.05) is 0 Å². The van der Waals surface area contributed by atoms with Crippen LogP contribution < -0.4 is 10.9 Å². The van der Waals surface area contributed by atoms with E-state index in [4.69, 9.17) is 0 Å². The van der Waals surface area contributed by atoms with E-state index < -0.39 is 0 Å². The average molecular weight is 295 g/mol. The molecule has 4 nitrogen and oxygen atoms in total. The Morgan fingerprint density at radius 3 is 3.05 bits per heavy atom. The van der Waals surface area contributed by atoms with Gasteiger partial charge in [-0.25, -0.2) is 4.98 Å². The van der Waals surface area contributed by atoms with Crippen LogP contribution in [0.15, 0.2) is 22.2 Å². The number of H-pyrrole nitrogens is 1. The van der Waals surface area contributed by atoms with E-state index in [1.54, 1.807) is 18.0 Å². The summed E-state index contributed by atoms with van der Waals surface area (Å²) in [7, 11) is 0. The zero-order valence-electron chi connectivity index (χ0n) is 12.6. The molecule has 0 bridgehead atoms.